The van der Waals surface area contributed by atoms with Gasteiger partial charge in [0.05, 0.1) is 0 Å². The molecule has 0 aliphatic carbocycles. The van der Waals surface area contributed by atoms with Gasteiger partial charge in [0.1, 0.15) is 0 Å². The van der Waals surface area contributed by atoms with Crippen molar-refractivity contribution in [2.75, 3.05) is 0 Å². The van der Waals surface area contributed by atoms with Crippen molar-refractivity contribution in [3.8, 4) is 0 Å². The largest absolute Gasteiger partial charge is 1.00 e. The molecule has 176 valence electrons. The van der Waals surface area contributed by atoms with Crippen LogP contribution >= 0.6 is 0 Å². The standard InChI is InChI=1S/4BO3.12K.10H2O/c4*2-1(3)4;;;;;;;;;;;;;;;;;;;;;;/h;;;;;;;;;;;;;;;;10*1H2/q4*-3;12*+1;;;;;;;;;;. The summed E-state index contributed by atoms with van der Waals surface area (Å²) < 4.78 is 0. The second-order valence-corrected chi connectivity index (χ2v) is 1.15. The molecule has 0 aliphatic heterocycles. The van der Waals surface area contributed by atoms with Crippen LogP contribution in [0.1, 0.15) is 0 Å². The van der Waals surface area contributed by atoms with Gasteiger partial charge in [0, 0.05) is 0 Å². The molecule has 0 bridgehead atoms. The molecule has 0 aromatic heterocycles. The molecule has 0 spiro atoms. The van der Waals surface area contributed by atoms with Gasteiger partial charge in [-0.2, -0.15) is 0 Å². The summed E-state index contributed by atoms with van der Waals surface area (Å²) in [5.74, 6) is 0. The van der Waals surface area contributed by atoms with Crippen LogP contribution in [0.25, 0.3) is 0 Å². The van der Waals surface area contributed by atoms with Crippen LogP contribution in [0, 0.1) is 0 Å². The van der Waals surface area contributed by atoms with E-state index >= 15 is 0 Å². The molecule has 0 aromatic carbocycles. The minimum absolute atomic E-state index is 0. The number of hydrogen-bond donors (Lipinski definition) is 0. The molecule has 38 heavy (non-hydrogen) atoms. The Morgan fingerprint density at radius 2 is 0.158 bits per heavy atom. The maximum Gasteiger partial charge on any atom is 1.00 e. The molecule has 0 saturated carbocycles. The van der Waals surface area contributed by atoms with Crippen LogP contribution in [0.4, 0.5) is 0 Å². The Bertz CT molecular complexity index is 93.3. The van der Waals surface area contributed by atoms with E-state index in [-0.39, 0.29) is 671 Å². The summed E-state index contributed by atoms with van der Waals surface area (Å²) >= 11 is 0. The first-order valence-corrected chi connectivity index (χ1v) is 2.83. The van der Waals surface area contributed by atoms with E-state index in [1.165, 1.54) is 0 Å². The quantitative estimate of drug-likeness (QED) is 0.205. The van der Waals surface area contributed by atoms with Crippen molar-refractivity contribution in [1.29, 1.82) is 0 Å². The Hall–Kier alpha value is 19.0. The van der Waals surface area contributed by atoms with Gasteiger partial charge in [0.25, 0.3) is 0 Å². The third kappa shape index (κ3) is 444. The molecule has 0 saturated heterocycles. The second-order valence-electron chi connectivity index (χ2n) is 1.15. The number of hydrogen-bond acceptors (Lipinski definition) is 12. The molecule has 0 rings (SSSR count). The van der Waals surface area contributed by atoms with Crippen LogP contribution in [-0.2, 0) is 0 Å². The van der Waals surface area contributed by atoms with Gasteiger partial charge in [-0.05, 0) is 0 Å². The minimum atomic E-state index is -2.92. The van der Waals surface area contributed by atoms with E-state index in [9.17, 15) is 0 Å². The summed E-state index contributed by atoms with van der Waals surface area (Å²) in [6.45, 7) is 0. The molecule has 22 nitrogen and oxygen atoms in total. The SMILES string of the molecule is O.O.O.O.O.O.O.O.O.O.[K+].[K+].[K+].[K+].[K+].[K+].[K+].[K+].[K+].[K+].[K+].[K+].[O-]B([O-])[O-].[O-]B([O-])[O-].[O-]B([O-])[O-].[O-]B([O-])[O-]. The van der Waals surface area contributed by atoms with Gasteiger partial charge in [0.15, 0.2) is 0 Å². The Morgan fingerprint density at radius 3 is 0.158 bits per heavy atom. The first-order chi connectivity index (χ1) is 6.93. The van der Waals surface area contributed by atoms with E-state index < -0.39 is 29.3 Å². The normalized spacial score (nSPS) is 2.84. The average molecular weight is 885 g/mol. The zero-order chi connectivity index (χ0) is 14.3. The van der Waals surface area contributed by atoms with Crippen molar-refractivity contribution in [2.45, 2.75) is 0 Å². The van der Waals surface area contributed by atoms with E-state index in [0.29, 0.717) is 0 Å². The zero-order valence-electron chi connectivity index (χ0n) is 24.2. The summed E-state index contributed by atoms with van der Waals surface area (Å²) in [7, 11) is -11.7. The minimum Gasteiger partial charge on any atom is -0.907 e. The van der Waals surface area contributed by atoms with Crippen molar-refractivity contribution in [2.24, 2.45) is 0 Å². The average Bonchev–Trinajstić information content (AvgIpc) is 1.76. The molecule has 0 atom stereocenters. The van der Waals surface area contributed by atoms with E-state index in [2.05, 4.69) is 0 Å². The molecular weight excluding hydrogens is 864 g/mol. The van der Waals surface area contributed by atoms with Gasteiger partial charge < -0.3 is 115 Å². The fourth-order valence-electron chi connectivity index (χ4n) is 0. The summed E-state index contributed by atoms with van der Waals surface area (Å²) in [6, 6.07) is 0. The molecule has 0 radical (unpaired) electrons. The first kappa shape index (κ1) is 186. The number of rotatable bonds is 0. The van der Waals surface area contributed by atoms with Crippen LogP contribution < -0.4 is 677 Å². The van der Waals surface area contributed by atoms with Gasteiger partial charge in [-0.3, -0.25) is 29.3 Å². The van der Waals surface area contributed by atoms with E-state index in [4.69, 9.17) is 60.3 Å². The van der Waals surface area contributed by atoms with Crippen molar-refractivity contribution in [1.82, 2.24) is 0 Å². The molecule has 0 heterocycles. The van der Waals surface area contributed by atoms with Crippen LogP contribution in [0.15, 0.2) is 0 Å². The Labute approximate surface area is 733 Å². The fraction of sp³-hybridized carbons (Fsp3) is 0. The van der Waals surface area contributed by atoms with Gasteiger partial charge in [-0.25, -0.2) is 0 Å². The van der Waals surface area contributed by atoms with Gasteiger partial charge >= 0.3 is 617 Å². The molecule has 38 heteroatoms. The maximum atomic E-state index is 8.42. The smallest absolute Gasteiger partial charge is 0.907 e. The molecular formula is H20B4K12O22. The summed E-state index contributed by atoms with van der Waals surface area (Å²) in [5.41, 5.74) is 0. The molecule has 0 amide bonds. The predicted octanol–water partition coefficient (Wildman–Crippen LogP) is -60.0. The van der Waals surface area contributed by atoms with Crippen LogP contribution in [0.5, 0.6) is 0 Å². The Balaban J connectivity index is -0.00000000176. The molecule has 20 N–H and O–H groups in total. The van der Waals surface area contributed by atoms with Gasteiger partial charge in [-0.1, -0.05) is 0 Å². The van der Waals surface area contributed by atoms with Crippen molar-refractivity contribution in [3.05, 3.63) is 0 Å². The second kappa shape index (κ2) is 176. The fourth-order valence-corrected chi connectivity index (χ4v) is 0. The zero-order valence-corrected chi connectivity index (χ0v) is 61.7. The first-order valence-electron chi connectivity index (χ1n) is 2.83. The van der Waals surface area contributed by atoms with E-state index in [1.54, 1.807) is 0 Å². The van der Waals surface area contributed by atoms with Gasteiger partial charge in [-0.15, -0.1) is 0 Å². The Morgan fingerprint density at radius 1 is 0.158 bits per heavy atom. The Kier molecular flexibility index (Phi) is 863. The van der Waals surface area contributed by atoms with Crippen LogP contribution in [0.2, 0.25) is 0 Å². The van der Waals surface area contributed by atoms with Gasteiger partial charge in [0.2, 0.25) is 0 Å². The summed E-state index contributed by atoms with van der Waals surface area (Å²) in [6.07, 6.45) is 0. The molecule has 0 fully saturated rings. The summed E-state index contributed by atoms with van der Waals surface area (Å²) in [4.78, 5) is 0. The van der Waals surface area contributed by atoms with E-state index in [0.717, 1.165) is 0 Å². The molecule has 0 unspecified atom stereocenters. The third-order valence-electron chi connectivity index (χ3n) is 0. The van der Waals surface area contributed by atoms with Crippen molar-refractivity contribution < 1.29 is 732 Å². The topological polar surface area (TPSA) is 592 Å². The van der Waals surface area contributed by atoms with Crippen LogP contribution in [0.3, 0.4) is 0 Å². The van der Waals surface area contributed by atoms with Crippen molar-refractivity contribution in [3.63, 3.8) is 0 Å². The summed E-state index contributed by atoms with van der Waals surface area (Å²) in [5, 5.41) is 101. The molecule has 0 aromatic rings. The van der Waals surface area contributed by atoms with Crippen LogP contribution in [-0.4, -0.2) is 84.0 Å². The predicted molar refractivity (Wildman–Crippen MR) is 59.2 cm³/mol. The molecule has 0 aliphatic rings. The monoisotopic (exact) mass is 884 g/mol. The third-order valence-corrected chi connectivity index (χ3v) is 0. The van der Waals surface area contributed by atoms with Crippen molar-refractivity contribution >= 4 is 29.3 Å². The maximum absolute atomic E-state index is 8.42. The van der Waals surface area contributed by atoms with E-state index in [1.807, 2.05) is 0 Å².